The Kier molecular flexibility index (Phi) is 6.37. The lowest BCUT2D eigenvalue weighted by molar-refractivity contribution is -0.134. The Morgan fingerprint density at radius 3 is 2.75 bits per heavy atom. The second-order valence-corrected chi connectivity index (χ2v) is 4.07. The van der Waals surface area contributed by atoms with Gasteiger partial charge in [-0.3, -0.25) is 4.79 Å². The molecule has 1 amide bonds. The molecule has 0 aromatic carbocycles. The molecule has 1 rings (SSSR count). The molecule has 0 aliphatic carbocycles. The van der Waals surface area contributed by atoms with Crippen LogP contribution >= 0.6 is 0 Å². The average Bonchev–Trinajstić information content (AvgIpc) is 2.35. The molecule has 5 nitrogen and oxygen atoms in total. The Morgan fingerprint density at radius 2 is 2.12 bits per heavy atom. The van der Waals surface area contributed by atoms with Crippen LogP contribution in [0.2, 0.25) is 0 Å². The van der Waals surface area contributed by atoms with Gasteiger partial charge in [0.2, 0.25) is 5.91 Å². The number of hydrogen-bond donors (Lipinski definition) is 1. The number of likely N-dealkylation sites (N-methyl/N-ethyl adjacent to an activating group) is 1. The van der Waals surface area contributed by atoms with Crippen molar-refractivity contribution in [3.05, 3.63) is 0 Å². The molecule has 1 heterocycles. The highest BCUT2D eigenvalue weighted by molar-refractivity contribution is 5.78. The van der Waals surface area contributed by atoms with E-state index >= 15 is 0 Å². The van der Waals surface area contributed by atoms with Gasteiger partial charge >= 0.3 is 0 Å². The first-order chi connectivity index (χ1) is 7.74. The zero-order chi connectivity index (χ0) is 11.8. The SMILES string of the molecule is CCN(C)CCNCC(=O)N1CCOCC1. The third-order valence-electron chi connectivity index (χ3n) is 2.85. The fourth-order valence-corrected chi connectivity index (χ4v) is 1.55. The molecular weight excluding hydrogens is 206 g/mol. The summed E-state index contributed by atoms with van der Waals surface area (Å²) in [6.07, 6.45) is 0. The molecule has 1 aliphatic rings. The topological polar surface area (TPSA) is 44.8 Å². The Hall–Kier alpha value is -0.650. The average molecular weight is 229 g/mol. The number of amides is 1. The Bertz CT molecular complexity index is 205. The molecule has 0 saturated carbocycles. The molecule has 1 fully saturated rings. The lowest BCUT2D eigenvalue weighted by Gasteiger charge is -2.27. The van der Waals surface area contributed by atoms with Crippen LogP contribution in [-0.4, -0.2) is 75.2 Å². The summed E-state index contributed by atoms with van der Waals surface area (Å²) in [4.78, 5) is 15.8. The van der Waals surface area contributed by atoms with Crippen molar-refractivity contribution in [3.63, 3.8) is 0 Å². The number of ether oxygens (including phenoxy) is 1. The zero-order valence-corrected chi connectivity index (χ0v) is 10.4. The number of hydrogen-bond acceptors (Lipinski definition) is 4. The highest BCUT2D eigenvalue weighted by Crippen LogP contribution is 1.96. The largest absolute Gasteiger partial charge is 0.378 e. The molecule has 0 spiro atoms. The maximum Gasteiger partial charge on any atom is 0.236 e. The molecule has 16 heavy (non-hydrogen) atoms. The normalized spacial score (nSPS) is 16.8. The first-order valence-corrected chi connectivity index (χ1v) is 5.98. The number of morpholine rings is 1. The molecule has 1 N–H and O–H groups in total. The smallest absolute Gasteiger partial charge is 0.236 e. The van der Waals surface area contributed by atoms with Gasteiger partial charge in [0.1, 0.15) is 0 Å². The summed E-state index contributed by atoms with van der Waals surface area (Å²) in [5.41, 5.74) is 0. The van der Waals surface area contributed by atoms with Crippen molar-refractivity contribution >= 4 is 5.91 Å². The van der Waals surface area contributed by atoms with E-state index in [9.17, 15) is 4.79 Å². The van der Waals surface area contributed by atoms with E-state index in [2.05, 4.69) is 24.2 Å². The second-order valence-electron chi connectivity index (χ2n) is 4.07. The van der Waals surface area contributed by atoms with Gasteiger partial charge in [0.15, 0.2) is 0 Å². The van der Waals surface area contributed by atoms with Gasteiger partial charge in [-0.05, 0) is 13.6 Å². The van der Waals surface area contributed by atoms with Crippen molar-refractivity contribution in [1.82, 2.24) is 15.1 Å². The first-order valence-electron chi connectivity index (χ1n) is 5.98. The molecule has 0 radical (unpaired) electrons. The van der Waals surface area contributed by atoms with Crippen LogP contribution in [0.5, 0.6) is 0 Å². The van der Waals surface area contributed by atoms with Crippen LogP contribution in [0.3, 0.4) is 0 Å². The zero-order valence-electron chi connectivity index (χ0n) is 10.4. The summed E-state index contributed by atoms with van der Waals surface area (Å²) in [5, 5.41) is 3.17. The van der Waals surface area contributed by atoms with Gasteiger partial charge in [0.25, 0.3) is 0 Å². The third-order valence-corrected chi connectivity index (χ3v) is 2.85. The second kappa shape index (κ2) is 7.60. The van der Waals surface area contributed by atoms with E-state index in [1.807, 2.05) is 4.90 Å². The molecule has 0 bridgehead atoms. The number of nitrogens with zero attached hydrogens (tertiary/aromatic N) is 2. The molecule has 1 saturated heterocycles. The molecule has 0 unspecified atom stereocenters. The molecular formula is C11H23N3O2. The van der Waals surface area contributed by atoms with Gasteiger partial charge in [0, 0.05) is 26.2 Å². The van der Waals surface area contributed by atoms with Crippen LogP contribution in [0.4, 0.5) is 0 Å². The van der Waals surface area contributed by atoms with Crippen LogP contribution in [-0.2, 0) is 9.53 Å². The highest BCUT2D eigenvalue weighted by Gasteiger charge is 2.15. The minimum atomic E-state index is 0.183. The molecule has 94 valence electrons. The number of rotatable bonds is 6. The number of carbonyl (C=O) groups excluding carboxylic acids is 1. The van der Waals surface area contributed by atoms with Crippen LogP contribution in [0.1, 0.15) is 6.92 Å². The summed E-state index contributed by atoms with van der Waals surface area (Å²) in [7, 11) is 2.07. The summed E-state index contributed by atoms with van der Waals surface area (Å²) in [5.74, 6) is 0.183. The predicted octanol–water partition coefficient (Wildman–Crippen LogP) is -0.613. The van der Waals surface area contributed by atoms with Crippen LogP contribution in [0, 0.1) is 0 Å². The number of carbonyl (C=O) groups is 1. The molecule has 1 aliphatic heterocycles. The lowest BCUT2D eigenvalue weighted by Crippen LogP contribution is -2.45. The standard InChI is InChI=1S/C11H23N3O2/c1-3-13(2)5-4-12-10-11(15)14-6-8-16-9-7-14/h12H,3-10H2,1-2H3. The van der Waals surface area contributed by atoms with Gasteiger partial charge < -0.3 is 19.9 Å². The minimum absolute atomic E-state index is 0.183. The fraction of sp³-hybridized carbons (Fsp3) is 0.909. The van der Waals surface area contributed by atoms with Crippen LogP contribution in [0.25, 0.3) is 0 Å². The third kappa shape index (κ3) is 4.92. The Morgan fingerprint density at radius 1 is 1.44 bits per heavy atom. The van der Waals surface area contributed by atoms with E-state index in [-0.39, 0.29) is 5.91 Å². The minimum Gasteiger partial charge on any atom is -0.378 e. The van der Waals surface area contributed by atoms with Gasteiger partial charge in [-0.15, -0.1) is 0 Å². The highest BCUT2D eigenvalue weighted by atomic mass is 16.5. The summed E-state index contributed by atoms with van der Waals surface area (Å²) < 4.78 is 5.20. The summed E-state index contributed by atoms with van der Waals surface area (Å²) in [6.45, 7) is 8.25. The van der Waals surface area contributed by atoms with Crippen molar-refractivity contribution in [2.45, 2.75) is 6.92 Å². The van der Waals surface area contributed by atoms with Gasteiger partial charge in [-0.2, -0.15) is 0 Å². The predicted molar refractivity (Wildman–Crippen MR) is 63.4 cm³/mol. The Labute approximate surface area is 97.7 Å². The first kappa shape index (κ1) is 13.4. The van der Waals surface area contributed by atoms with Crippen molar-refractivity contribution < 1.29 is 9.53 Å². The van der Waals surface area contributed by atoms with E-state index in [1.54, 1.807) is 0 Å². The van der Waals surface area contributed by atoms with E-state index in [1.165, 1.54) is 0 Å². The van der Waals surface area contributed by atoms with Crippen LogP contribution in [0.15, 0.2) is 0 Å². The van der Waals surface area contributed by atoms with E-state index in [4.69, 9.17) is 4.74 Å². The molecule has 0 aromatic rings. The molecule has 0 atom stereocenters. The monoisotopic (exact) mass is 229 g/mol. The fourth-order valence-electron chi connectivity index (χ4n) is 1.55. The van der Waals surface area contributed by atoms with Crippen molar-refractivity contribution in [2.75, 3.05) is 59.5 Å². The lowest BCUT2D eigenvalue weighted by atomic mass is 10.4. The molecule has 0 aromatic heterocycles. The maximum atomic E-state index is 11.7. The van der Waals surface area contributed by atoms with Crippen molar-refractivity contribution in [3.8, 4) is 0 Å². The van der Waals surface area contributed by atoms with Gasteiger partial charge in [-0.25, -0.2) is 0 Å². The Balaban J connectivity index is 2.05. The quantitative estimate of drug-likeness (QED) is 0.617. The van der Waals surface area contributed by atoms with E-state index in [0.29, 0.717) is 19.8 Å². The van der Waals surface area contributed by atoms with Crippen LogP contribution < -0.4 is 5.32 Å². The maximum absolute atomic E-state index is 11.7. The van der Waals surface area contributed by atoms with E-state index in [0.717, 1.165) is 32.7 Å². The summed E-state index contributed by atoms with van der Waals surface area (Å²) >= 11 is 0. The summed E-state index contributed by atoms with van der Waals surface area (Å²) in [6, 6.07) is 0. The number of nitrogens with one attached hydrogen (secondary N) is 1. The van der Waals surface area contributed by atoms with Gasteiger partial charge in [-0.1, -0.05) is 6.92 Å². The van der Waals surface area contributed by atoms with Gasteiger partial charge in [0.05, 0.1) is 19.8 Å². The van der Waals surface area contributed by atoms with Crippen molar-refractivity contribution in [1.29, 1.82) is 0 Å². The molecule has 5 heteroatoms. The van der Waals surface area contributed by atoms with Crippen molar-refractivity contribution in [2.24, 2.45) is 0 Å². The van der Waals surface area contributed by atoms with E-state index < -0.39 is 0 Å².